The summed E-state index contributed by atoms with van der Waals surface area (Å²) in [4.78, 5) is 15.9. The van der Waals surface area contributed by atoms with E-state index in [0.717, 1.165) is 5.56 Å². The Labute approximate surface area is 109 Å². The van der Waals surface area contributed by atoms with Crippen LogP contribution in [0.25, 0.3) is 22.3 Å². The van der Waals surface area contributed by atoms with Crippen LogP contribution in [-0.2, 0) is 7.05 Å². The molecule has 4 heteroatoms. The molecule has 19 heavy (non-hydrogen) atoms. The summed E-state index contributed by atoms with van der Waals surface area (Å²) in [6.07, 6.45) is 1.67. The third kappa shape index (κ3) is 1.69. The van der Waals surface area contributed by atoms with Crippen LogP contribution in [0.5, 0.6) is 0 Å². The van der Waals surface area contributed by atoms with Gasteiger partial charge in [-0.1, -0.05) is 30.3 Å². The lowest BCUT2D eigenvalue weighted by atomic mass is 10.1. The number of hydrogen-bond acceptors (Lipinski definition) is 2. The van der Waals surface area contributed by atoms with Gasteiger partial charge in [-0.3, -0.25) is 0 Å². The summed E-state index contributed by atoms with van der Waals surface area (Å²) < 4.78 is 1.83. The van der Waals surface area contributed by atoms with E-state index in [2.05, 4.69) is 4.98 Å². The standard InChI is InChI=1S/C15H12N2O2/c1-17-13(10-6-3-2-4-7-10)12(15(18)19)11-8-5-9-16-14(11)17/h2-9H,1H3,(H,18,19). The number of carboxylic acid groups (broad SMARTS) is 1. The lowest BCUT2D eigenvalue weighted by molar-refractivity contribution is 0.0699. The van der Waals surface area contributed by atoms with Gasteiger partial charge in [-0.15, -0.1) is 0 Å². The molecule has 0 aliphatic rings. The van der Waals surface area contributed by atoms with Crippen molar-refractivity contribution in [2.24, 2.45) is 7.05 Å². The Hall–Kier alpha value is -2.62. The van der Waals surface area contributed by atoms with Gasteiger partial charge in [-0.25, -0.2) is 9.78 Å². The van der Waals surface area contributed by atoms with Crippen molar-refractivity contribution in [1.82, 2.24) is 9.55 Å². The minimum Gasteiger partial charge on any atom is -0.478 e. The van der Waals surface area contributed by atoms with E-state index in [9.17, 15) is 9.90 Å². The zero-order chi connectivity index (χ0) is 13.4. The second-order valence-electron chi connectivity index (χ2n) is 4.33. The number of benzene rings is 1. The van der Waals surface area contributed by atoms with Crippen LogP contribution in [0, 0.1) is 0 Å². The number of pyridine rings is 1. The molecule has 0 radical (unpaired) electrons. The van der Waals surface area contributed by atoms with Crippen LogP contribution in [0.15, 0.2) is 48.7 Å². The molecule has 0 aliphatic heterocycles. The van der Waals surface area contributed by atoms with Gasteiger partial charge in [0.15, 0.2) is 0 Å². The third-order valence-electron chi connectivity index (χ3n) is 3.21. The molecule has 0 unspecified atom stereocenters. The number of carboxylic acids is 1. The van der Waals surface area contributed by atoms with Gasteiger partial charge in [-0.2, -0.15) is 0 Å². The molecule has 0 bridgehead atoms. The number of aromatic nitrogens is 2. The molecule has 0 saturated heterocycles. The number of hydrogen-bond donors (Lipinski definition) is 1. The van der Waals surface area contributed by atoms with Crippen molar-refractivity contribution in [2.75, 3.05) is 0 Å². The lowest BCUT2D eigenvalue weighted by Gasteiger charge is -2.05. The summed E-state index contributed by atoms with van der Waals surface area (Å²) >= 11 is 0. The number of aromatic carboxylic acids is 1. The van der Waals surface area contributed by atoms with Crippen molar-refractivity contribution >= 4 is 17.0 Å². The van der Waals surface area contributed by atoms with Gasteiger partial charge in [0.1, 0.15) is 5.65 Å². The van der Waals surface area contributed by atoms with Crippen LogP contribution >= 0.6 is 0 Å². The average molecular weight is 252 g/mol. The number of nitrogens with zero attached hydrogens (tertiary/aromatic N) is 2. The summed E-state index contributed by atoms with van der Waals surface area (Å²) in [7, 11) is 1.84. The summed E-state index contributed by atoms with van der Waals surface area (Å²) in [5.74, 6) is -0.933. The van der Waals surface area contributed by atoms with E-state index >= 15 is 0 Å². The SMILES string of the molecule is Cn1c(-c2ccccc2)c(C(=O)O)c2cccnc21. The largest absolute Gasteiger partial charge is 0.478 e. The fraction of sp³-hybridized carbons (Fsp3) is 0.0667. The summed E-state index contributed by atoms with van der Waals surface area (Å²) in [5.41, 5.74) is 2.54. The van der Waals surface area contributed by atoms with Gasteiger partial charge < -0.3 is 9.67 Å². The van der Waals surface area contributed by atoms with Crippen LogP contribution in [0.2, 0.25) is 0 Å². The van der Waals surface area contributed by atoms with E-state index in [1.807, 2.05) is 41.9 Å². The van der Waals surface area contributed by atoms with E-state index in [-0.39, 0.29) is 0 Å². The third-order valence-corrected chi connectivity index (χ3v) is 3.21. The minimum absolute atomic E-state index is 0.303. The highest BCUT2D eigenvalue weighted by molar-refractivity contribution is 6.08. The molecule has 0 fully saturated rings. The molecule has 0 amide bonds. The first-order valence-electron chi connectivity index (χ1n) is 5.92. The Balaban J connectivity index is 2.44. The fourth-order valence-electron chi connectivity index (χ4n) is 2.41. The Bertz CT molecular complexity index is 760. The number of carbonyl (C=O) groups is 1. The summed E-state index contributed by atoms with van der Waals surface area (Å²) in [6, 6.07) is 13.0. The van der Waals surface area contributed by atoms with Crippen molar-refractivity contribution in [3.63, 3.8) is 0 Å². The predicted molar refractivity (Wildman–Crippen MR) is 73.1 cm³/mol. The molecule has 4 nitrogen and oxygen atoms in total. The Morgan fingerprint density at radius 3 is 2.58 bits per heavy atom. The molecule has 1 N–H and O–H groups in total. The maximum absolute atomic E-state index is 11.6. The van der Waals surface area contributed by atoms with Gasteiger partial charge >= 0.3 is 5.97 Å². The van der Waals surface area contributed by atoms with Crippen LogP contribution in [0.4, 0.5) is 0 Å². The van der Waals surface area contributed by atoms with Crippen molar-refractivity contribution in [1.29, 1.82) is 0 Å². The first kappa shape index (κ1) is 11.5. The highest BCUT2D eigenvalue weighted by Crippen LogP contribution is 2.31. The van der Waals surface area contributed by atoms with Crippen molar-refractivity contribution < 1.29 is 9.90 Å². The quantitative estimate of drug-likeness (QED) is 0.763. The zero-order valence-electron chi connectivity index (χ0n) is 10.4. The van der Waals surface area contributed by atoms with Crippen LogP contribution in [0.3, 0.4) is 0 Å². The molecule has 94 valence electrons. The molecule has 0 spiro atoms. The molecule has 1 aromatic carbocycles. The first-order valence-corrected chi connectivity index (χ1v) is 5.92. The predicted octanol–water partition coefficient (Wildman–Crippen LogP) is 2.94. The molecular formula is C15H12N2O2. The van der Waals surface area contributed by atoms with Gasteiger partial charge in [0.05, 0.1) is 11.3 Å². The second kappa shape index (κ2) is 4.24. The number of rotatable bonds is 2. The first-order chi connectivity index (χ1) is 9.20. The Morgan fingerprint density at radius 2 is 1.89 bits per heavy atom. The van der Waals surface area contributed by atoms with E-state index in [1.165, 1.54) is 0 Å². The summed E-state index contributed by atoms with van der Waals surface area (Å²) in [6.45, 7) is 0. The molecule has 0 atom stereocenters. The van der Waals surface area contributed by atoms with Crippen molar-refractivity contribution in [3.05, 3.63) is 54.2 Å². The Morgan fingerprint density at radius 1 is 1.16 bits per heavy atom. The van der Waals surface area contributed by atoms with E-state index < -0.39 is 5.97 Å². The average Bonchev–Trinajstić information content (AvgIpc) is 2.74. The Kier molecular flexibility index (Phi) is 2.56. The maximum Gasteiger partial charge on any atom is 0.338 e. The maximum atomic E-state index is 11.6. The molecular weight excluding hydrogens is 240 g/mol. The molecule has 3 aromatic rings. The molecule has 0 saturated carbocycles. The molecule has 2 aromatic heterocycles. The van der Waals surface area contributed by atoms with Crippen molar-refractivity contribution in [3.8, 4) is 11.3 Å². The number of aryl methyl sites for hydroxylation is 1. The van der Waals surface area contributed by atoms with Crippen LogP contribution in [0.1, 0.15) is 10.4 Å². The molecule has 0 aliphatic carbocycles. The van der Waals surface area contributed by atoms with Gasteiger partial charge in [0.25, 0.3) is 0 Å². The fourth-order valence-corrected chi connectivity index (χ4v) is 2.41. The highest BCUT2D eigenvalue weighted by Gasteiger charge is 2.21. The van der Waals surface area contributed by atoms with Gasteiger partial charge in [0.2, 0.25) is 0 Å². The lowest BCUT2D eigenvalue weighted by Crippen LogP contribution is -2.00. The van der Waals surface area contributed by atoms with E-state index in [1.54, 1.807) is 18.3 Å². The monoisotopic (exact) mass is 252 g/mol. The van der Waals surface area contributed by atoms with Gasteiger partial charge in [0, 0.05) is 18.6 Å². The van der Waals surface area contributed by atoms with Crippen LogP contribution in [-0.4, -0.2) is 20.6 Å². The van der Waals surface area contributed by atoms with E-state index in [4.69, 9.17) is 0 Å². The summed E-state index contributed by atoms with van der Waals surface area (Å²) in [5, 5.41) is 10.2. The molecule has 2 heterocycles. The van der Waals surface area contributed by atoms with Crippen LogP contribution < -0.4 is 0 Å². The zero-order valence-corrected chi connectivity index (χ0v) is 10.4. The highest BCUT2D eigenvalue weighted by atomic mass is 16.4. The van der Waals surface area contributed by atoms with Crippen molar-refractivity contribution in [2.45, 2.75) is 0 Å². The smallest absolute Gasteiger partial charge is 0.338 e. The topological polar surface area (TPSA) is 55.1 Å². The number of fused-ring (bicyclic) bond motifs is 1. The minimum atomic E-state index is -0.933. The van der Waals surface area contributed by atoms with E-state index in [0.29, 0.717) is 22.3 Å². The normalized spacial score (nSPS) is 10.8. The molecule has 3 rings (SSSR count). The van der Waals surface area contributed by atoms with Gasteiger partial charge in [-0.05, 0) is 17.7 Å². The second-order valence-corrected chi connectivity index (χ2v) is 4.33.